The van der Waals surface area contributed by atoms with Crippen LogP contribution < -0.4 is 0 Å². The van der Waals surface area contributed by atoms with Crippen molar-refractivity contribution in [3.63, 3.8) is 0 Å². The molecule has 0 unspecified atom stereocenters. The molecule has 0 bridgehead atoms. The monoisotopic (exact) mass is 286 g/mol. The number of carboxylic acids is 1. The number of carboxylic acid groups (broad SMARTS) is 1. The van der Waals surface area contributed by atoms with E-state index in [9.17, 15) is 9.90 Å². The van der Waals surface area contributed by atoms with Gasteiger partial charge in [0.25, 0.3) is 0 Å². The first-order chi connectivity index (χ1) is 10.1. The third-order valence-corrected chi connectivity index (χ3v) is 3.92. The molecule has 1 aliphatic rings. The Bertz CT molecular complexity index is 657. The van der Waals surface area contributed by atoms with Gasteiger partial charge in [0.15, 0.2) is 0 Å². The molecule has 1 N–H and O–H groups in total. The third kappa shape index (κ3) is 2.69. The van der Waals surface area contributed by atoms with Crippen LogP contribution in [0.1, 0.15) is 30.1 Å². The molecule has 2 aromatic rings. The summed E-state index contributed by atoms with van der Waals surface area (Å²) in [5.74, 6) is -0.270. The van der Waals surface area contributed by atoms with Gasteiger partial charge >= 0.3 is 5.97 Å². The minimum absolute atomic E-state index is 0.201. The van der Waals surface area contributed by atoms with Gasteiger partial charge in [-0.25, -0.2) is 9.78 Å². The fraction of sp³-hybridized carbons (Fsp3) is 0.375. The van der Waals surface area contributed by atoms with Crippen LogP contribution in [0.4, 0.5) is 0 Å². The van der Waals surface area contributed by atoms with Crippen molar-refractivity contribution in [1.29, 1.82) is 0 Å². The van der Waals surface area contributed by atoms with Crippen LogP contribution in [0.2, 0.25) is 0 Å². The van der Waals surface area contributed by atoms with Gasteiger partial charge < -0.3 is 14.4 Å². The summed E-state index contributed by atoms with van der Waals surface area (Å²) in [6.07, 6.45) is 5.64. The highest BCUT2D eigenvalue weighted by Gasteiger charge is 2.31. The maximum Gasteiger partial charge on any atom is 0.336 e. The van der Waals surface area contributed by atoms with Gasteiger partial charge in [-0.15, -0.1) is 0 Å². The summed E-state index contributed by atoms with van der Waals surface area (Å²) in [7, 11) is 0. The van der Waals surface area contributed by atoms with E-state index in [4.69, 9.17) is 4.74 Å². The maximum atomic E-state index is 11.4. The Hall–Kier alpha value is -2.14. The number of aromatic carboxylic acids is 1. The van der Waals surface area contributed by atoms with E-state index in [1.165, 1.54) is 0 Å². The Morgan fingerprint density at radius 1 is 1.48 bits per heavy atom. The van der Waals surface area contributed by atoms with Crippen LogP contribution in [0.15, 0.2) is 36.7 Å². The number of carbonyl (C=O) groups is 1. The standard InChI is InChI=1S/C16H18N2O3/c1-16(7-4-10-21-16)11-18-9-8-17-14(18)12-5-2-3-6-13(12)15(19)20/h2-3,5-6,8-9H,4,7,10-11H2,1H3,(H,19,20)/t16-/m0/s1. The van der Waals surface area contributed by atoms with Gasteiger partial charge in [-0.3, -0.25) is 0 Å². The molecule has 1 aromatic carbocycles. The fourth-order valence-electron chi connectivity index (χ4n) is 2.87. The number of ether oxygens (including phenoxy) is 1. The predicted octanol–water partition coefficient (Wildman–Crippen LogP) is 2.82. The smallest absolute Gasteiger partial charge is 0.336 e. The van der Waals surface area contributed by atoms with Crippen LogP contribution in [0.3, 0.4) is 0 Å². The molecule has 1 aromatic heterocycles. The summed E-state index contributed by atoms with van der Waals surface area (Å²) in [4.78, 5) is 15.7. The van der Waals surface area contributed by atoms with Gasteiger partial charge in [-0.2, -0.15) is 0 Å². The Morgan fingerprint density at radius 2 is 2.29 bits per heavy atom. The van der Waals surface area contributed by atoms with Gasteiger partial charge in [-0.05, 0) is 25.8 Å². The van der Waals surface area contributed by atoms with Crippen molar-refractivity contribution in [3.05, 3.63) is 42.2 Å². The Balaban J connectivity index is 1.98. The zero-order chi connectivity index (χ0) is 14.9. The topological polar surface area (TPSA) is 64.4 Å². The van der Waals surface area contributed by atoms with Crippen LogP contribution >= 0.6 is 0 Å². The van der Waals surface area contributed by atoms with Crippen molar-refractivity contribution in [2.45, 2.75) is 31.9 Å². The average Bonchev–Trinajstić information content (AvgIpc) is 3.08. The van der Waals surface area contributed by atoms with Crippen molar-refractivity contribution in [3.8, 4) is 11.4 Å². The van der Waals surface area contributed by atoms with E-state index < -0.39 is 5.97 Å². The number of rotatable bonds is 4. The van der Waals surface area contributed by atoms with E-state index in [0.29, 0.717) is 17.9 Å². The molecule has 0 spiro atoms. The van der Waals surface area contributed by atoms with Gasteiger partial charge in [0.2, 0.25) is 0 Å². The number of hydrogen-bond donors (Lipinski definition) is 1. The zero-order valence-corrected chi connectivity index (χ0v) is 12.0. The molecular weight excluding hydrogens is 268 g/mol. The highest BCUT2D eigenvalue weighted by Crippen LogP contribution is 2.29. The highest BCUT2D eigenvalue weighted by atomic mass is 16.5. The average molecular weight is 286 g/mol. The molecule has 1 atom stereocenters. The second kappa shape index (κ2) is 5.33. The minimum atomic E-state index is -0.941. The van der Waals surface area contributed by atoms with E-state index in [0.717, 1.165) is 19.4 Å². The van der Waals surface area contributed by atoms with E-state index >= 15 is 0 Å². The molecule has 1 fully saturated rings. The largest absolute Gasteiger partial charge is 0.478 e. The number of nitrogens with zero attached hydrogens (tertiary/aromatic N) is 2. The third-order valence-electron chi connectivity index (χ3n) is 3.92. The number of benzene rings is 1. The molecule has 5 heteroatoms. The second-order valence-corrected chi connectivity index (χ2v) is 5.63. The van der Waals surface area contributed by atoms with Crippen molar-refractivity contribution in [2.24, 2.45) is 0 Å². The number of aromatic nitrogens is 2. The lowest BCUT2D eigenvalue weighted by Gasteiger charge is -2.24. The highest BCUT2D eigenvalue weighted by molar-refractivity contribution is 5.95. The Morgan fingerprint density at radius 3 is 3.00 bits per heavy atom. The molecule has 1 saturated heterocycles. The lowest BCUT2D eigenvalue weighted by atomic mass is 10.0. The summed E-state index contributed by atoms with van der Waals surface area (Å²) in [5.41, 5.74) is 0.701. The quantitative estimate of drug-likeness (QED) is 0.938. The summed E-state index contributed by atoms with van der Waals surface area (Å²) < 4.78 is 7.80. The molecule has 0 saturated carbocycles. The van der Waals surface area contributed by atoms with Crippen LogP contribution in [-0.4, -0.2) is 32.8 Å². The summed E-state index contributed by atoms with van der Waals surface area (Å²) in [6.45, 7) is 3.55. The SMILES string of the molecule is C[C@@]1(Cn2ccnc2-c2ccccc2C(=O)O)CCCO1. The molecule has 21 heavy (non-hydrogen) atoms. The zero-order valence-electron chi connectivity index (χ0n) is 12.0. The van der Waals surface area contributed by atoms with E-state index in [2.05, 4.69) is 11.9 Å². The van der Waals surface area contributed by atoms with Crippen molar-refractivity contribution >= 4 is 5.97 Å². The molecule has 0 radical (unpaired) electrons. The van der Waals surface area contributed by atoms with E-state index in [1.807, 2.05) is 16.8 Å². The Labute approximate surface area is 123 Å². The molecular formula is C16H18N2O3. The molecule has 3 rings (SSSR count). The minimum Gasteiger partial charge on any atom is -0.478 e. The molecule has 0 amide bonds. The first-order valence-electron chi connectivity index (χ1n) is 7.07. The van der Waals surface area contributed by atoms with Crippen molar-refractivity contribution < 1.29 is 14.6 Å². The lowest BCUT2D eigenvalue weighted by Crippen LogP contribution is -2.29. The van der Waals surface area contributed by atoms with Crippen molar-refractivity contribution in [1.82, 2.24) is 9.55 Å². The van der Waals surface area contributed by atoms with Gasteiger partial charge in [0, 0.05) is 24.6 Å². The maximum absolute atomic E-state index is 11.4. The summed E-state index contributed by atoms with van der Waals surface area (Å²) >= 11 is 0. The molecule has 110 valence electrons. The number of imidazole rings is 1. The predicted molar refractivity (Wildman–Crippen MR) is 78.2 cm³/mol. The van der Waals surface area contributed by atoms with Gasteiger partial charge in [0.05, 0.1) is 17.7 Å². The lowest BCUT2D eigenvalue weighted by molar-refractivity contribution is 0.00657. The van der Waals surface area contributed by atoms with Gasteiger partial charge in [-0.1, -0.05) is 18.2 Å². The van der Waals surface area contributed by atoms with E-state index in [1.54, 1.807) is 24.4 Å². The van der Waals surface area contributed by atoms with E-state index in [-0.39, 0.29) is 11.2 Å². The summed E-state index contributed by atoms with van der Waals surface area (Å²) in [5, 5.41) is 9.33. The first-order valence-corrected chi connectivity index (χ1v) is 7.07. The van der Waals surface area contributed by atoms with Crippen molar-refractivity contribution in [2.75, 3.05) is 6.61 Å². The number of hydrogen-bond acceptors (Lipinski definition) is 3. The first kappa shape index (κ1) is 13.8. The molecule has 0 aliphatic carbocycles. The van der Waals surface area contributed by atoms with Crippen LogP contribution in [0.5, 0.6) is 0 Å². The van der Waals surface area contributed by atoms with Crippen LogP contribution in [0.25, 0.3) is 11.4 Å². The normalized spacial score (nSPS) is 21.6. The van der Waals surface area contributed by atoms with Crippen LogP contribution in [0, 0.1) is 0 Å². The van der Waals surface area contributed by atoms with Crippen LogP contribution in [-0.2, 0) is 11.3 Å². The molecule has 2 heterocycles. The summed E-state index contributed by atoms with van der Waals surface area (Å²) in [6, 6.07) is 6.95. The fourth-order valence-corrected chi connectivity index (χ4v) is 2.87. The Kier molecular flexibility index (Phi) is 3.51. The molecule has 5 nitrogen and oxygen atoms in total. The molecule has 1 aliphatic heterocycles. The second-order valence-electron chi connectivity index (χ2n) is 5.63. The van der Waals surface area contributed by atoms with Gasteiger partial charge in [0.1, 0.15) is 5.82 Å².